The first-order chi connectivity index (χ1) is 11.5. The van der Waals surface area contributed by atoms with Gasteiger partial charge in [-0.2, -0.15) is 8.42 Å². The van der Waals surface area contributed by atoms with Crippen LogP contribution in [0, 0.1) is 0 Å². The fourth-order valence-electron chi connectivity index (χ4n) is 2.61. The Balaban J connectivity index is 2.13. The summed E-state index contributed by atoms with van der Waals surface area (Å²) in [6.45, 7) is 2.05. The standard InChI is InChI=1S/C18H17NO4S/c1-2-6-16-17(13-9-11-15(12-10-13)24(20,21)22)18(19-23-16)14-7-4-3-5-8-14/h3-5,7-12H,2,6H2,1H3,(H,20,21,22). The highest BCUT2D eigenvalue weighted by Crippen LogP contribution is 2.35. The summed E-state index contributed by atoms with van der Waals surface area (Å²) < 4.78 is 37.1. The molecule has 124 valence electrons. The molecule has 0 saturated heterocycles. The van der Waals surface area contributed by atoms with Crippen molar-refractivity contribution in [2.75, 3.05) is 0 Å². The molecule has 0 aliphatic heterocycles. The minimum atomic E-state index is -4.21. The molecule has 0 amide bonds. The van der Waals surface area contributed by atoms with Gasteiger partial charge in [-0.25, -0.2) is 0 Å². The predicted molar refractivity (Wildman–Crippen MR) is 91.2 cm³/mol. The van der Waals surface area contributed by atoms with Crippen molar-refractivity contribution in [2.45, 2.75) is 24.7 Å². The molecule has 0 radical (unpaired) electrons. The highest BCUT2D eigenvalue weighted by atomic mass is 32.2. The molecule has 0 unspecified atom stereocenters. The van der Waals surface area contributed by atoms with Crippen LogP contribution in [0.1, 0.15) is 19.1 Å². The van der Waals surface area contributed by atoms with E-state index in [9.17, 15) is 8.42 Å². The maximum Gasteiger partial charge on any atom is 0.294 e. The number of aromatic nitrogens is 1. The smallest absolute Gasteiger partial charge is 0.294 e. The van der Waals surface area contributed by atoms with Crippen molar-refractivity contribution < 1.29 is 17.5 Å². The molecular formula is C18H17NO4S. The van der Waals surface area contributed by atoms with E-state index in [1.54, 1.807) is 12.1 Å². The normalized spacial score (nSPS) is 11.6. The highest BCUT2D eigenvalue weighted by molar-refractivity contribution is 7.85. The summed E-state index contributed by atoms with van der Waals surface area (Å²) in [5.74, 6) is 0.760. The van der Waals surface area contributed by atoms with Gasteiger partial charge in [0.25, 0.3) is 10.1 Å². The third-order valence-electron chi connectivity index (χ3n) is 3.73. The Morgan fingerprint density at radius 3 is 2.25 bits per heavy atom. The molecule has 1 aromatic heterocycles. The molecule has 1 heterocycles. The molecule has 0 fully saturated rings. The zero-order valence-electron chi connectivity index (χ0n) is 13.1. The van der Waals surface area contributed by atoms with E-state index >= 15 is 0 Å². The van der Waals surface area contributed by atoms with Gasteiger partial charge >= 0.3 is 0 Å². The zero-order chi connectivity index (χ0) is 17.2. The van der Waals surface area contributed by atoms with Crippen molar-refractivity contribution >= 4 is 10.1 Å². The van der Waals surface area contributed by atoms with Crippen LogP contribution < -0.4 is 0 Å². The topological polar surface area (TPSA) is 80.4 Å². The lowest BCUT2D eigenvalue weighted by atomic mass is 9.98. The van der Waals surface area contributed by atoms with E-state index in [2.05, 4.69) is 12.1 Å². The first-order valence-electron chi connectivity index (χ1n) is 7.62. The molecule has 0 aliphatic rings. The van der Waals surface area contributed by atoms with Gasteiger partial charge in [-0.3, -0.25) is 4.55 Å². The molecular weight excluding hydrogens is 326 g/mol. The molecule has 1 N–H and O–H groups in total. The van der Waals surface area contributed by atoms with Crippen LogP contribution in [-0.2, 0) is 16.5 Å². The van der Waals surface area contributed by atoms with Gasteiger partial charge in [-0.15, -0.1) is 0 Å². The fourth-order valence-corrected chi connectivity index (χ4v) is 3.09. The van der Waals surface area contributed by atoms with Gasteiger partial charge in [-0.05, 0) is 24.1 Å². The maximum atomic E-state index is 11.2. The van der Waals surface area contributed by atoms with Crippen LogP contribution in [0.25, 0.3) is 22.4 Å². The molecule has 0 aliphatic carbocycles. The largest absolute Gasteiger partial charge is 0.360 e. The lowest BCUT2D eigenvalue weighted by Crippen LogP contribution is -1.97. The molecule has 0 bridgehead atoms. The SMILES string of the molecule is CCCc1onc(-c2ccccc2)c1-c1ccc(S(=O)(=O)O)cc1. The van der Waals surface area contributed by atoms with Crippen molar-refractivity contribution in [3.63, 3.8) is 0 Å². The molecule has 6 heteroatoms. The van der Waals surface area contributed by atoms with E-state index < -0.39 is 10.1 Å². The number of rotatable bonds is 5. The second kappa shape index (κ2) is 6.59. The molecule has 0 spiro atoms. The number of hydrogen-bond donors (Lipinski definition) is 1. The Labute approximate surface area is 140 Å². The van der Waals surface area contributed by atoms with Crippen LogP contribution in [0.4, 0.5) is 0 Å². The summed E-state index contributed by atoms with van der Waals surface area (Å²) in [4.78, 5) is -0.138. The molecule has 2 aromatic carbocycles. The average Bonchev–Trinajstić information content (AvgIpc) is 2.99. The third-order valence-corrected chi connectivity index (χ3v) is 4.60. The van der Waals surface area contributed by atoms with Gasteiger partial charge in [0.15, 0.2) is 0 Å². The Hall–Kier alpha value is -2.44. The molecule has 0 atom stereocenters. The Bertz CT molecular complexity index is 929. The predicted octanol–water partition coefficient (Wildman–Crippen LogP) is 4.21. The molecule has 3 aromatic rings. The Morgan fingerprint density at radius 1 is 1.00 bits per heavy atom. The monoisotopic (exact) mass is 343 g/mol. The van der Waals surface area contributed by atoms with Crippen molar-refractivity contribution in [1.29, 1.82) is 0 Å². The fraction of sp³-hybridized carbons (Fsp3) is 0.167. The molecule has 0 saturated carbocycles. The van der Waals surface area contributed by atoms with E-state index in [1.807, 2.05) is 30.3 Å². The van der Waals surface area contributed by atoms with Gasteiger partial charge in [0.05, 0.1) is 10.5 Å². The first kappa shape index (κ1) is 16.4. The Morgan fingerprint density at radius 2 is 1.67 bits per heavy atom. The quantitative estimate of drug-likeness (QED) is 0.702. The van der Waals surface area contributed by atoms with E-state index in [-0.39, 0.29) is 4.90 Å². The Kier molecular flexibility index (Phi) is 4.51. The van der Waals surface area contributed by atoms with Crippen LogP contribution in [0.15, 0.2) is 64.0 Å². The second-order valence-corrected chi connectivity index (χ2v) is 6.87. The van der Waals surface area contributed by atoms with Crippen LogP contribution >= 0.6 is 0 Å². The van der Waals surface area contributed by atoms with Crippen molar-refractivity contribution in [3.05, 3.63) is 60.4 Å². The molecule has 24 heavy (non-hydrogen) atoms. The number of nitrogens with zero attached hydrogens (tertiary/aromatic N) is 1. The summed E-state index contributed by atoms with van der Waals surface area (Å²) in [6.07, 6.45) is 1.63. The summed E-state index contributed by atoms with van der Waals surface area (Å²) >= 11 is 0. The van der Waals surface area contributed by atoms with Crippen LogP contribution in [0.3, 0.4) is 0 Å². The first-order valence-corrected chi connectivity index (χ1v) is 9.06. The van der Waals surface area contributed by atoms with Gasteiger partial charge in [-0.1, -0.05) is 54.5 Å². The molecule has 3 rings (SSSR count). The minimum absolute atomic E-state index is 0.138. The third kappa shape index (κ3) is 3.25. The van der Waals surface area contributed by atoms with Gasteiger partial charge in [0.2, 0.25) is 0 Å². The van der Waals surface area contributed by atoms with E-state index in [4.69, 9.17) is 9.08 Å². The number of aryl methyl sites for hydroxylation is 1. The summed E-state index contributed by atoms with van der Waals surface area (Å²) in [5, 5.41) is 4.21. The molecule has 5 nitrogen and oxygen atoms in total. The van der Waals surface area contributed by atoms with E-state index in [0.29, 0.717) is 0 Å². The highest BCUT2D eigenvalue weighted by Gasteiger charge is 2.19. The van der Waals surface area contributed by atoms with Crippen LogP contribution in [-0.4, -0.2) is 18.1 Å². The van der Waals surface area contributed by atoms with Gasteiger partial charge in [0.1, 0.15) is 11.5 Å². The van der Waals surface area contributed by atoms with E-state index in [1.165, 1.54) is 12.1 Å². The van der Waals surface area contributed by atoms with Crippen molar-refractivity contribution in [3.8, 4) is 22.4 Å². The van der Waals surface area contributed by atoms with E-state index in [0.717, 1.165) is 41.0 Å². The lowest BCUT2D eigenvalue weighted by molar-refractivity contribution is 0.385. The average molecular weight is 343 g/mol. The number of benzene rings is 2. The lowest BCUT2D eigenvalue weighted by Gasteiger charge is -2.05. The van der Waals surface area contributed by atoms with Gasteiger partial charge in [0, 0.05) is 12.0 Å². The summed E-state index contributed by atoms with van der Waals surface area (Å²) in [6, 6.07) is 15.7. The summed E-state index contributed by atoms with van der Waals surface area (Å²) in [5.41, 5.74) is 3.30. The van der Waals surface area contributed by atoms with Crippen LogP contribution in [0.2, 0.25) is 0 Å². The minimum Gasteiger partial charge on any atom is -0.360 e. The number of hydrogen-bond acceptors (Lipinski definition) is 4. The van der Waals surface area contributed by atoms with Crippen molar-refractivity contribution in [1.82, 2.24) is 5.16 Å². The zero-order valence-corrected chi connectivity index (χ0v) is 14.0. The maximum absolute atomic E-state index is 11.2. The van der Waals surface area contributed by atoms with Gasteiger partial charge < -0.3 is 4.52 Å². The second-order valence-electron chi connectivity index (χ2n) is 5.44. The summed E-state index contributed by atoms with van der Waals surface area (Å²) in [7, 11) is -4.21. The van der Waals surface area contributed by atoms with Crippen LogP contribution in [0.5, 0.6) is 0 Å². The van der Waals surface area contributed by atoms with Crippen molar-refractivity contribution in [2.24, 2.45) is 0 Å².